The summed E-state index contributed by atoms with van der Waals surface area (Å²) in [5.41, 5.74) is 1.10. The summed E-state index contributed by atoms with van der Waals surface area (Å²) in [6.45, 7) is 0.516. The summed E-state index contributed by atoms with van der Waals surface area (Å²) >= 11 is 3.41. The van der Waals surface area contributed by atoms with Gasteiger partial charge in [0.2, 0.25) is 5.91 Å². The number of hydrogen-bond donors (Lipinski definition) is 1. The van der Waals surface area contributed by atoms with Crippen molar-refractivity contribution in [1.29, 1.82) is 0 Å². The van der Waals surface area contributed by atoms with Crippen LogP contribution in [0.5, 0.6) is 0 Å². The number of ether oxygens (including phenoxy) is 1. The quantitative estimate of drug-likeness (QED) is 0.860. The Morgan fingerprint density at radius 2 is 2.31 bits per heavy atom. The third-order valence-electron chi connectivity index (χ3n) is 2.90. The minimum absolute atomic E-state index is 0.0212. The van der Waals surface area contributed by atoms with Crippen molar-refractivity contribution < 1.29 is 9.53 Å². The number of halogens is 1. The van der Waals surface area contributed by atoms with Crippen LogP contribution in [0, 0.1) is 5.92 Å². The highest BCUT2D eigenvalue weighted by atomic mass is 79.9. The van der Waals surface area contributed by atoms with Gasteiger partial charge in [-0.25, -0.2) is 0 Å². The van der Waals surface area contributed by atoms with Gasteiger partial charge in [-0.15, -0.1) is 0 Å². The smallest absolute Gasteiger partial charge is 0.233 e. The molecule has 1 amide bonds. The SMILES string of the molecule is O=C1N[C@@H]2C=C(OCc3cccc(Br)c3)[C@H]12. The number of fused-ring (bicyclic) bond motifs is 1. The zero-order valence-electron chi connectivity index (χ0n) is 8.44. The van der Waals surface area contributed by atoms with E-state index in [4.69, 9.17) is 4.74 Å². The second-order valence-corrected chi connectivity index (χ2v) is 4.92. The largest absolute Gasteiger partial charge is 0.493 e. The second-order valence-electron chi connectivity index (χ2n) is 4.00. The van der Waals surface area contributed by atoms with Crippen LogP contribution in [0.25, 0.3) is 0 Å². The molecule has 0 saturated carbocycles. The Morgan fingerprint density at radius 3 is 3.00 bits per heavy atom. The minimum atomic E-state index is -0.0212. The van der Waals surface area contributed by atoms with Crippen LogP contribution in [-0.4, -0.2) is 11.9 Å². The lowest BCUT2D eigenvalue weighted by molar-refractivity contribution is -0.136. The molecular weight excluding hydrogens is 270 g/mol. The van der Waals surface area contributed by atoms with Gasteiger partial charge in [0.05, 0.1) is 6.04 Å². The van der Waals surface area contributed by atoms with E-state index in [0.29, 0.717) is 6.61 Å². The molecular formula is C12H10BrNO2. The molecule has 1 saturated heterocycles. The molecule has 0 spiro atoms. The number of rotatable bonds is 3. The number of benzene rings is 1. The lowest BCUT2D eigenvalue weighted by Gasteiger charge is -2.43. The summed E-state index contributed by atoms with van der Waals surface area (Å²) in [5.74, 6) is 0.873. The van der Waals surface area contributed by atoms with E-state index in [9.17, 15) is 4.79 Å². The molecule has 0 bridgehead atoms. The maximum atomic E-state index is 11.1. The van der Waals surface area contributed by atoms with Crippen molar-refractivity contribution >= 4 is 21.8 Å². The lowest BCUT2D eigenvalue weighted by Crippen LogP contribution is -2.63. The van der Waals surface area contributed by atoms with Crippen LogP contribution in [0.15, 0.2) is 40.6 Å². The van der Waals surface area contributed by atoms with Gasteiger partial charge in [-0.1, -0.05) is 28.1 Å². The molecule has 0 unspecified atom stereocenters. The molecule has 1 N–H and O–H groups in total. The van der Waals surface area contributed by atoms with Crippen LogP contribution in [0.4, 0.5) is 0 Å². The molecule has 3 nitrogen and oxygen atoms in total. The highest BCUT2D eigenvalue weighted by Gasteiger charge is 2.49. The van der Waals surface area contributed by atoms with Gasteiger partial charge in [-0.05, 0) is 23.8 Å². The molecule has 1 aliphatic heterocycles. The second kappa shape index (κ2) is 3.63. The molecule has 0 radical (unpaired) electrons. The van der Waals surface area contributed by atoms with E-state index in [2.05, 4.69) is 21.2 Å². The molecule has 0 aromatic heterocycles. The van der Waals surface area contributed by atoms with Crippen LogP contribution < -0.4 is 5.32 Å². The Labute approximate surface area is 102 Å². The average Bonchev–Trinajstić information content (AvgIpc) is 2.22. The average molecular weight is 280 g/mol. The van der Waals surface area contributed by atoms with Crippen LogP contribution in [0.3, 0.4) is 0 Å². The summed E-state index contributed by atoms with van der Waals surface area (Å²) < 4.78 is 6.64. The van der Waals surface area contributed by atoms with Gasteiger partial charge in [-0.3, -0.25) is 4.79 Å². The topological polar surface area (TPSA) is 38.3 Å². The van der Waals surface area contributed by atoms with Crippen molar-refractivity contribution in [3.63, 3.8) is 0 Å². The fourth-order valence-electron chi connectivity index (χ4n) is 1.94. The monoisotopic (exact) mass is 279 g/mol. The standard InChI is InChI=1S/C12H10BrNO2/c13-8-3-1-2-7(4-8)6-16-10-5-9-11(10)12(15)14-9/h1-5,9,11H,6H2,(H,14,15)/t9-,11-/m1/s1. The zero-order chi connectivity index (χ0) is 11.1. The Hall–Kier alpha value is -1.29. The van der Waals surface area contributed by atoms with E-state index in [1.807, 2.05) is 30.3 Å². The van der Waals surface area contributed by atoms with Crippen molar-refractivity contribution in [1.82, 2.24) is 5.32 Å². The molecule has 4 heteroatoms. The Balaban J connectivity index is 1.62. The van der Waals surface area contributed by atoms with Crippen molar-refractivity contribution in [2.24, 2.45) is 5.92 Å². The molecule has 82 valence electrons. The molecule has 1 aromatic rings. The van der Waals surface area contributed by atoms with Crippen molar-refractivity contribution in [3.8, 4) is 0 Å². The van der Waals surface area contributed by atoms with Crippen LogP contribution in [0.1, 0.15) is 5.56 Å². The normalized spacial score (nSPS) is 25.8. The summed E-state index contributed by atoms with van der Waals surface area (Å²) in [6.07, 6.45) is 1.96. The summed E-state index contributed by atoms with van der Waals surface area (Å²) in [6, 6.07) is 8.18. The van der Waals surface area contributed by atoms with E-state index in [0.717, 1.165) is 15.8 Å². The molecule has 2 aliphatic rings. The van der Waals surface area contributed by atoms with Crippen molar-refractivity contribution in [2.45, 2.75) is 12.6 Å². The summed E-state index contributed by atoms with van der Waals surface area (Å²) in [5, 5.41) is 2.78. The highest BCUT2D eigenvalue weighted by Crippen LogP contribution is 2.35. The van der Waals surface area contributed by atoms with Gasteiger partial charge in [0.1, 0.15) is 18.3 Å². The van der Waals surface area contributed by atoms with Gasteiger partial charge >= 0.3 is 0 Å². The predicted molar refractivity (Wildman–Crippen MR) is 62.4 cm³/mol. The van der Waals surface area contributed by atoms with Crippen LogP contribution >= 0.6 is 15.9 Å². The van der Waals surface area contributed by atoms with Crippen LogP contribution in [-0.2, 0) is 16.1 Å². The number of amides is 1. The van der Waals surface area contributed by atoms with Crippen molar-refractivity contribution in [3.05, 3.63) is 46.1 Å². The van der Waals surface area contributed by atoms with Crippen molar-refractivity contribution in [2.75, 3.05) is 0 Å². The number of carbonyl (C=O) groups is 1. The molecule has 3 rings (SSSR count). The zero-order valence-corrected chi connectivity index (χ0v) is 10.0. The molecule has 2 atom stereocenters. The molecule has 1 aliphatic carbocycles. The maximum Gasteiger partial charge on any atom is 0.233 e. The van der Waals surface area contributed by atoms with E-state index in [-0.39, 0.29) is 17.9 Å². The number of hydrogen-bond acceptors (Lipinski definition) is 2. The van der Waals surface area contributed by atoms with Crippen LogP contribution in [0.2, 0.25) is 0 Å². The van der Waals surface area contributed by atoms with E-state index in [1.165, 1.54) is 0 Å². The van der Waals surface area contributed by atoms with Gasteiger partial charge in [-0.2, -0.15) is 0 Å². The first-order valence-corrected chi connectivity index (χ1v) is 5.93. The highest BCUT2D eigenvalue weighted by molar-refractivity contribution is 9.10. The molecule has 1 fully saturated rings. The Morgan fingerprint density at radius 1 is 1.44 bits per heavy atom. The summed E-state index contributed by atoms with van der Waals surface area (Å²) in [7, 11) is 0. The van der Waals surface area contributed by atoms with E-state index in [1.54, 1.807) is 0 Å². The summed E-state index contributed by atoms with van der Waals surface area (Å²) in [4.78, 5) is 11.1. The van der Waals surface area contributed by atoms with E-state index < -0.39 is 0 Å². The molecule has 16 heavy (non-hydrogen) atoms. The fraction of sp³-hybridized carbons (Fsp3) is 0.250. The van der Waals surface area contributed by atoms with E-state index >= 15 is 0 Å². The predicted octanol–water partition coefficient (Wildman–Crippen LogP) is 1.98. The Bertz CT molecular complexity index is 484. The molecule has 1 aromatic carbocycles. The first-order chi connectivity index (χ1) is 7.74. The maximum absolute atomic E-state index is 11.1. The first-order valence-electron chi connectivity index (χ1n) is 5.13. The fourth-order valence-corrected chi connectivity index (χ4v) is 2.39. The van der Waals surface area contributed by atoms with Gasteiger partial charge in [0.25, 0.3) is 0 Å². The number of β-lactam (4-membered cyclic amide) rings is 1. The van der Waals surface area contributed by atoms with Gasteiger partial charge in [0, 0.05) is 4.47 Å². The van der Waals surface area contributed by atoms with Gasteiger partial charge in [0.15, 0.2) is 0 Å². The first kappa shape index (κ1) is 9.90. The molecule has 1 heterocycles. The number of carbonyl (C=O) groups excluding carboxylic acids is 1. The lowest BCUT2D eigenvalue weighted by atomic mass is 9.78. The third kappa shape index (κ3) is 1.53. The van der Waals surface area contributed by atoms with Gasteiger partial charge < -0.3 is 10.1 Å². The third-order valence-corrected chi connectivity index (χ3v) is 3.39. The Kier molecular flexibility index (Phi) is 2.24. The minimum Gasteiger partial charge on any atom is -0.493 e. The number of nitrogens with one attached hydrogen (secondary N) is 1.